The van der Waals surface area contributed by atoms with E-state index in [4.69, 9.17) is 4.74 Å². The first-order valence-corrected chi connectivity index (χ1v) is 4.45. The summed E-state index contributed by atoms with van der Waals surface area (Å²) in [6.45, 7) is 3.62. The first-order chi connectivity index (χ1) is 6.18. The van der Waals surface area contributed by atoms with Crippen LogP contribution >= 0.6 is 0 Å². The van der Waals surface area contributed by atoms with Gasteiger partial charge in [0.25, 0.3) is 0 Å². The largest absolute Gasteiger partial charge is 0.346 e. The SMILES string of the molecule is CCC1(F)CCCO1.CCF.CF. The number of halogens is 3. The van der Waals surface area contributed by atoms with Crippen molar-refractivity contribution in [1.82, 2.24) is 0 Å². The molecule has 0 radical (unpaired) electrons. The molecular formula is C9H19F3O. The minimum atomic E-state index is -1.26. The summed E-state index contributed by atoms with van der Waals surface area (Å²) >= 11 is 0. The van der Waals surface area contributed by atoms with Crippen LogP contribution < -0.4 is 0 Å². The predicted octanol–water partition coefficient (Wildman–Crippen LogP) is 3.43. The van der Waals surface area contributed by atoms with E-state index in [9.17, 15) is 13.2 Å². The van der Waals surface area contributed by atoms with Gasteiger partial charge < -0.3 is 4.74 Å². The topological polar surface area (TPSA) is 9.23 Å². The van der Waals surface area contributed by atoms with Crippen molar-refractivity contribution in [3.63, 3.8) is 0 Å². The second kappa shape index (κ2) is 9.84. The van der Waals surface area contributed by atoms with E-state index in [2.05, 4.69) is 0 Å². The molecular weight excluding hydrogens is 181 g/mol. The van der Waals surface area contributed by atoms with Gasteiger partial charge >= 0.3 is 0 Å². The molecule has 0 aromatic carbocycles. The van der Waals surface area contributed by atoms with Crippen molar-refractivity contribution in [3.8, 4) is 0 Å². The maximum absolute atomic E-state index is 12.8. The van der Waals surface area contributed by atoms with Crippen LogP contribution in [0.4, 0.5) is 13.2 Å². The van der Waals surface area contributed by atoms with Gasteiger partial charge in [-0.1, -0.05) is 6.92 Å². The van der Waals surface area contributed by atoms with Gasteiger partial charge in [0.15, 0.2) is 0 Å². The van der Waals surface area contributed by atoms with E-state index in [1.807, 2.05) is 6.92 Å². The maximum atomic E-state index is 12.8. The summed E-state index contributed by atoms with van der Waals surface area (Å²) in [5.74, 6) is -1.26. The fourth-order valence-electron chi connectivity index (χ4n) is 0.942. The Morgan fingerprint density at radius 2 is 1.77 bits per heavy atom. The molecule has 1 unspecified atom stereocenters. The molecule has 1 fully saturated rings. The summed E-state index contributed by atoms with van der Waals surface area (Å²) in [5.41, 5.74) is 0. The summed E-state index contributed by atoms with van der Waals surface area (Å²) in [7, 11) is 0.500. The summed E-state index contributed by atoms with van der Waals surface area (Å²) in [6.07, 6.45) is 1.96. The van der Waals surface area contributed by atoms with E-state index in [-0.39, 0.29) is 6.67 Å². The van der Waals surface area contributed by atoms with Gasteiger partial charge in [0.05, 0.1) is 20.5 Å². The zero-order chi connectivity index (χ0) is 10.7. The molecule has 1 aliphatic rings. The lowest BCUT2D eigenvalue weighted by Gasteiger charge is -2.14. The summed E-state index contributed by atoms with van der Waals surface area (Å²) in [4.78, 5) is 0. The Hall–Kier alpha value is -0.250. The fraction of sp³-hybridized carbons (Fsp3) is 1.00. The average Bonchev–Trinajstić information content (AvgIpc) is 2.58. The lowest BCUT2D eigenvalue weighted by molar-refractivity contribution is -0.107. The Balaban J connectivity index is 0. The fourth-order valence-corrected chi connectivity index (χ4v) is 0.942. The zero-order valence-electron chi connectivity index (χ0n) is 8.58. The van der Waals surface area contributed by atoms with Crippen molar-refractivity contribution in [2.24, 2.45) is 0 Å². The highest BCUT2D eigenvalue weighted by atomic mass is 19.2. The van der Waals surface area contributed by atoms with Gasteiger partial charge in [-0.25, -0.2) is 4.39 Å². The zero-order valence-corrected chi connectivity index (χ0v) is 8.58. The molecule has 0 aromatic heterocycles. The smallest absolute Gasteiger partial charge is 0.208 e. The molecule has 0 aromatic rings. The molecule has 1 saturated heterocycles. The molecule has 1 nitrogen and oxygen atoms in total. The molecule has 1 aliphatic heterocycles. The Bertz CT molecular complexity index is 92.9. The second-order valence-corrected chi connectivity index (χ2v) is 2.46. The molecule has 1 atom stereocenters. The molecule has 0 saturated carbocycles. The molecule has 82 valence electrons. The summed E-state index contributed by atoms with van der Waals surface area (Å²) in [5, 5.41) is 0. The van der Waals surface area contributed by atoms with Crippen molar-refractivity contribution in [2.45, 2.75) is 39.0 Å². The molecule has 1 rings (SSSR count). The summed E-state index contributed by atoms with van der Waals surface area (Å²) in [6, 6.07) is 0. The number of ether oxygens (including phenoxy) is 1. The van der Waals surface area contributed by atoms with Crippen LogP contribution in [0.5, 0.6) is 0 Å². The third kappa shape index (κ3) is 8.09. The quantitative estimate of drug-likeness (QED) is 0.630. The molecule has 13 heavy (non-hydrogen) atoms. The highest BCUT2D eigenvalue weighted by molar-refractivity contribution is 4.70. The third-order valence-electron chi connectivity index (χ3n) is 1.58. The van der Waals surface area contributed by atoms with E-state index < -0.39 is 5.85 Å². The Labute approximate surface area is 78.3 Å². The van der Waals surface area contributed by atoms with Crippen molar-refractivity contribution < 1.29 is 17.9 Å². The molecule has 4 heteroatoms. The maximum Gasteiger partial charge on any atom is 0.208 e. The number of hydrogen-bond acceptors (Lipinski definition) is 1. The van der Waals surface area contributed by atoms with Gasteiger partial charge in [-0.05, 0) is 13.3 Å². The minimum Gasteiger partial charge on any atom is -0.346 e. The van der Waals surface area contributed by atoms with Gasteiger partial charge in [-0.3, -0.25) is 8.78 Å². The number of hydrogen-bond donors (Lipinski definition) is 0. The highest BCUT2D eigenvalue weighted by Crippen LogP contribution is 2.29. The molecule has 0 amide bonds. The van der Waals surface area contributed by atoms with E-state index in [1.54, 1.807) is 0 Å². The lowest BCUT2D eigenvalue weighted by atomic mass is 10.2. The van der Waals surface area contributed by atoms with Crippen LogP contribution in [0.2, 0.25) is 0 Å². The van der Waals surface area contributed by atoms with E-state index in [0.717, 1.165) is 6.42 Å². The van der Waals surface area contributed by atoms with E-state index >= 15 is 0 Å². The van der Waals surface area contributed by atoms with Crippen molar-refractivity contribution in [2.75, 3.05) is 20.5 Å². The summed E-state index contributed by atoms with van der Waals surface area (Å²) < 4.78 is 37.4. The average molecular weight is 200 g/mol. The van der Waals surface area contributed by atoms with Crippen LogP contribution in [0.1, 0.15) is 33.1 Å². The van der Waals surface area contributed by atoms with Crippen molar-refractivity contribution in [3.05, 3.63) is 0 Å². The van der Waals surface area contributed by atoms with Gasteiger partial charge in [0.1, 0.15) is 0 Å². The van der Waals surface area contributed by atoms with E-state index in [0.29, 0.717) is 26.6 Å². The predicted molar refractivity (Wildman–Crippen MR) is 48.0 cm³/mol. The van der Waals surface area contributed by atoms with Crippen LogP contribution in [0.25, 0.3) is 0 Å². The van der Waals surface area contributed by atoms with Crippen LogP contribution in [-0.2, 0) is 4.74 Å². The van der Waals surface area contributed by atoms with Crippen molar-refractivity contribution in [1.29, 1.82) is 0 Å². The number of alkyl halides is 3. The van der Waals surface area contributed by atoms with Crippen molar-refractivity contribution >= 4 is 0 Å². The normalized spacial score (nSPS) is 25.4. The Morgan fingerprint density at radius 3 is 1.92 bits per heavy atom. The van der Waals surface area contributed by atoms with Gasteiger partial charge in [0, 0.05) is 12.8 Å². The van der Waals surface area contributed by atoms with Gasteiger partial charge in [-0.2, -0.15) is 0 Å². The first-order valence-electron chi connectivity index (χ1n) is 4.45. The first kappa shape index (κ1) is 15.2. The van der Waals surface area contributed by atoms with Crippen LogP contribution in [0.15, 0.2) is 0 Å². The number of rotatable bonds is 1. The van der Waals surface area contributed by atoms with Crippen LogP contribution in [0, 0.1) is 0 Å². The van der Waals surface area contributed by atoms with Gasteiger partial charge in [0.2, 0.25) is 5.85 Å². The lowest BCUT2D eigenvalue weighted by Crippen LogP contribution is -2.18. The highest BCUT2D eigenvalue weighted by Gasteiger charge is 2.32. The third-order valence-corrected chi connectivity index (χ3v) is 1.58. The molecule has 1 heterocycles. The van der Waals surface area contributed by atoms with Gasteiger partial charge in [-0.15, -0.1) is 0 Å². The molecule has 0 bridgehead atoms. The van der Waals surface area contributed by atoms with Crippen LogP contribution in [0.3, 0.4) is 0 Å². The standard InChI is InChI=1S/C6H11FO.C2H5F.CH3F/c1-2-6(7)4-3-5-8-6;1-2-3;1-2/h2-5H2,1H3;2H2,1H3;1H3. The van der Waals surface area contributed by atoms with Crippen LogP contribution in [-0.4, -0.2) is 26.3 Å². The second-order valence-electron chi connectivity index (χ2n) is 2.46. The minimum absolute atomic E-state index is 0.250. The molecule has 0 N–H and O–H groups in total. The van der Waals surface area contributed by atoms with E-state index in [1.165, 1.54) is 6.92 Å². The Kier molecular flexibility index (Phi) is 11.5. The molecule has 0 aliphatic carbocycles. The monoisotopic (exact) mass is 200 g/mol. The molecule has 0 spiro atoms. The Morgan fingerprint density at radius 1 is 1.31 bits per heavy atom.